The molecular formula is C41H55N3O5. The zero-order chi connectivity index (χ0) is 35.6. The van der Waals surface area contributed by atoms with Gasteiger partial charge in [0.15, 0.2) is 0 Å². The van der Waals surface area contributed by atoms with Gasteiger partial charge in [-0.2, -0.15) is 0 Å². The lowest BCUT2D eigenvalue weighted by molar-refractivity contribution is -0.123. The molecule has 0 bridgehead atoms. The Morgan fingerprint density at radius 2 is 1.61 bits per heavy atom. The molecule has 1 fully saturated rings. The second-order valence-electron chi connectivity index (χ2n) is 14.1. The third-order valence-electron chi connectivity index (χ3n) is 10.3. The maximum Gasteiger partial charge on any atom is 0.254 e. The van der Waals surface area contributed by atoms with Crippen LogP contribution in [0.15, 0.2) is 72.8 Å². The van der Waals surface area contributed by atoms with Gasteiger partial charge in [0.05, 0.1) is 18.1 Å². The molecule has 0 saturated heterocycles. The number of rotatable bonds is 16. The first-order valence-electron chi connectivity index (χ1n) is 17.8. The molecule has 1 unspecified atom stereocenters. The monoisotopic (exact) mass is 669 g/mol. The van der Waals surface area contributed by atoms with E-state index in [1.54, 1.807) is 4.90 Å². The molecule has 3 aromatic rings. The molecule has 0 radical (unpaired) electrons. The van der Waals surface area contributed by atoms with Gasteiger partial charge in [-0.3, -0.25) is 14.4 Å². The SMILES string of the molecule is CCC1(N(CCO)C(=O)c2ccccc2CCC(O)Cc2ccc(C)cc2N(CCNC(C)=O)C(=O)C(C)(C)c2ccccc2)CCCC1. The van der Waals surface area contributed by atoms with Gasteiger partial charge in [-0.05, 0) is 87.3 Å². The van der Waals surface area contributed by atoms with Gasteiger partial charge in [0, 0.05) is 49.8 Å². The Morgan fingerprint density at radius 3 is 2.27 bits per heavy atom. The summed E-state index contributed by atoms with van der Waals surface area (Å²) in [6, 6.07) is 23.2. The molecule has 1 aliphatic carbocycles. The summed E-state index contributed by atoms with van der Waals surface area (Å²) in [5, 5.41) is 24.2. The van der Waals surface area contributed by atoms with Gasteiger partial charge in [-0.1, -0.05) is 80.4 Å². The second kappa shape index (κ2) is 17.1. The summed E-state index contributed by atoms with van der Waals surface area (Å²) < 4.78 is 0. The third kappa shape index (κ3) is 9.17. The lowest BCUT2D eigenvalue weighted by Crippen LogP contribution is -2.51. The van der Waals surface area contributed by atoms with E-state index in [9.17, 15) is 24.6 Å². The number of carbonyl (C=O) groups excluding carboxylic acids is 3. The molecule has 1 aliphatic rings. The Kier molecular flexibility index (Phi) is 13.2. The summed E-state index contributed by atoms with van der Waals surface area (Å²) in [7, 11) is 0. The second-order valence-corrected chi connectivity index (χ2v) is 14.1. The van der Waals surface area contributed by atoms with Crippen molar-refractivity contribution in [2.45, 2.75) is 103 Å². The van der Waals surface area contributed by atoms with Crippen molar-refractivity contribution in [1.82, 2.24) is 10.2 Å². The number of nitrogens with one attached hydrogen (secondary N) is 1. The van der Waals surface area contributed by atoms with E-state index in [0.717, 1.165) is 60.0 Å². The van der Waals surface area contributed by atoms with Crippen LogP contribution >= 0.6 is 0 Å². The largest absolute Gasteiger partial charge is 0.395 e. The smallest absolute Gasteiger partial charge is 0.254 e. The predicted molar refractivity (Wildman–Crippen MR) is 196 cm³/mol. The van der Waals surface area contributed by atoms with Crippen molar-refractivity contribution in [2.24, 2.45) is 0 Å². The normalized spacial score (nSPS) is 14.7. The van der Waals surface area contributed by atoms with Gasteiger partial charge in [-0.15, -0.1) is 0 Å². The summed E-state index contributed by atoms with van der Waals surface area (Å²) in [4.78, 5) is 43.8. The van der Waals surface area contributed by atoms with Crippen LogP contribution in [0.5, 0.6) is 0 Å². The molecule has 1 saturated carbocycles. The number of β-amino-alcohol motifs (C(OH)–C–C–N with tert-alkyl or cyclic N) is 1. The molecule has 3 N–H and O–H groups in total. The van der Waals surface area contributed by atoms with E-state index in [2.05, 4.69) is 12.2 Å². The van der Waals surface area contributed by atoms with Crippen molar-refractivity contribution in [1.29, 1.82) is 0 Å². The van der Waals surface area contributed by atoms with Gasteiger partial charge in [-0.25, -0.2) is 0 Å². The van der Waals surface area contributed by atoms with Crippen molar-refractivity contribution in [3.05, 3.63) is 101 Å². The average molecular weight is 670 g/mol. The topological polar surface area (TPSA) is 110 Å². The van der Waals surface area contributed by atoms with Crippen LogP contribution < -0.4 is 10.2 Å². The zero-order valence-electron chi connectivity index (χ0n) is 30.0. The van der Waals surface area contributed by atoms with Crippen LogP contribution in [0.3, 0.4) is 0 Å². The summed E-state index contributed by atoms with van der Waals surface area (Å²) in [6.07, 6.45) is 5.42. The van der Waals surface area contributed by atoms with Crippen LogP contribution in [0.25, 0.3) is 0 Å². The maximum atomic E-state index is 14.3. The summed E-state index contributed by atoms with van der Waals surface area (Å²) in [5.74, 6) is -0.323. The van der Waals surface area contributed by atoms with Gasteiger partial charge in [0.2, 0.25) is 11.8 Å². The van der Waals surface area contributed by atoms with E-state index in [0.29, 0.717) is 37.9 Å². The molecule has 264 valence electrons. The van der Waals surface area contributed by atoms with Crippen LogP contribution in [0.2, 0.25) is 0 Å². The number of aliphatic hydroxyl groups excluding tert-OH is 2. The highest BCUT2D eigenvalue weighted by Gasteiger charge is 2.41. The number of amides is 3. The number of anilines is 1. The number of nitrogens with zero attached hydrogens (tertiary/aromatic N) is 2. The van der Waals surface area contributed by atoms with Gasteiger partial charge >= 0.3 is 0 Å². The molecule has 0 aromatic heterocycles. The van der Waals surface area contributed by atoms with Crippen molar-refractivity contribution in [3.63, 3.8) is 0 Å². The van der Waals surface area contributed by atoms with Crippen LogP contribution in [0.1, 0.15) is 98.8 Å². The quantitative estimate of drug-likeness (QED) is 0.170. The Hall–Kier alpha value is -4.01. The van der Waals surface area contributed by atoms with E-state index in [1.165, 1.54) is 6.92 Å². The average Bonchev–Trinajstić information content (AvgIpc) is 3.59. The summed E-state index contributed by atoms with van der Waals surface area (Å²) in [6.45, 7) is 10.2. The highest BCUT2D eigenvalue weighted by molar-refractivity contribution is 6.01. The number of aryl methyl sites for hydroxylation is 2. The molecular weight excluding hydrogens is 614 g/mol. The van der Waals surface area contributed by atoms with E-state index in [1.807, 2.05) is 98.5 Å². The Morgan fingerprint density at radius 1 is 0.939 bits per heavy atom. The van der Waals surface area contributed by atoms with Crippen LogP contribution in [-0.4, -0.2) is 70.7 Å². The molecule has 1 atom stereocenters. The van der Waals surface area contributed by atoms with Gasteiger partial charge in [0.1, 0.15) is 0 Å². The molecule has 8 nitrogen and oxygen atoms in total. The molecule has 8 heteroatoms. The summed E-state index contributed by atoms with van der Waals surface area (Å²) >= 11 is 0. The number of hydrogen-bond donors (Lipinski definition) is 3. The minimum atomic E-state index is -0.841. The first-order chi connectivity index (χ1) is 23.4. The van der Waals surface area contributed by atoms with Crippen molar-refractivity contribution in [3.8, 4) is 0 Å². The van der Waals surface area contributed by atoms with Crippen molar-refractivity contribution in [2.75, 3.05) is 31.1 Å². The molecule has 3 amide bonds. The highest BCUT2D eigenvalue weighted by atomic mass is 16.3. The van der Waals surface area contributed by atoms with Gasteiger partial charge < -0.3 is 25.3 Å². The van der Waals surface area contributed by atoms with E-state index >= 15 is 0 Å². The lowest BCUT2D eigenvalue weighted by Gasteiger charge is -2.41. The minimum absolute atomic E-state index is 0.0573. The first kappa shape index (κ1) is 37.8. The fraction of sp³-hybridized carbons (Fsp3) is 0.488. The third-order valence-corrected chi connectivity index (χ3v) is 10.3. The number of benzene rings is 3. The number of hydrogen-bond acceptors (Lipinski definition) is 5. The van der Waals surface area contributed by atoms with E-state index in [4.69, 9.17) is 0 Å². The van der Waals surface area contributed by atoms with Gasteiger partial charge in [0.25, 0.3) is 5.91 Å². The molecule has 0 heterocycles. The highest BCUT2D eigenvalue weighted by Crippen LogP contribution is 2.39. The first-order valence-corrected chi connectivity index (χ1v) is 17.8. The zero-order valence-corrected chi connectivity index (χ0v) is 30.0. The van der Waals surface area contributed by atoms with Crippen LogP contribution in [0.4, 0.5) is 5.69 Å². The lowest BCUT2D eigenvalue weighted by atomic mass is 9.82. The molecule has 0 aliphatic heterocycles. The standard InChI is InChI=1S/C41H55N3O5/c1-6-41(22-12-13-23-41)44(26-27-45)38(48)36-17-11-10-14-32(36)20-21-35(47)29-33-19-18-30(2)28-37(33)43(25-24-42-31(3)46)39(49)40(4,5)34-15-8-7-9-16-34/h7-11,14-19,28,35,45,47H,6,12-13,20-27,29H2,1-5H3,(H,42,46). The molecule has 3 aromatic carbocycles. The van der Waals surface area contributed by atoms with Crippen molar-refractivity contribution < 1.29 is 24.6 Å². The van der Waals surface area contributed by atoms with Crippen molar-refractivity contribution >= 4 is 23.4 Å². The molecule has 4 rings (SSSR count). The van der Waals surface area contributed by atoms with E-state index < -0.39 is 11.5 Å². The predicted octanol–water partition coefficient (Wildman–Crippen LogP) is 6.14. The number of carbonyl (C=O) groups is 3. The van der Waals surface area contributed by atoms with Crippen LogP contribution in [-0.2, 0) is 27.8 Å². The Balaban J connectivity index is 1.57. The molecule has 49 heavy (non-hydrogen) atoms. The van der Waals surface area contributed by atoms with E-state index in [-0.39, 0.29) is 36.4 Å². The molecule has 0 spiro atoms. The fourth-order valence-corrected chi connectivity index (χ4v) is 7.36. The number of aliphatic hydroxyl groups is 2. The Labute approximate surface area is 292 Å². The summed E-state index contributed by atoms with van der Waals surface area (Å²) in [5.41, 5.74) is 3.85. The van der Waals surface area contributed by atoms with Crippen LogP contribution in [0, 0.1) is 6.92 Å². The Bertz CT molecular complexity index is 1560. The minimum Gasteiger partial charge on any atom is -0.395 e. The maximum absolute atomic E-state index is 14.3. The fourth-order valence-electron chi connectivity index (χ4n) is 7.36.